The number of nitrogens with one attached hydrogen (secondary N) is 1. The molecule has 6 heteroatoms. The summed E-state index contributed by atoms with van der Waals surface area (Å²) in [5, 5.41) is 21.6. The van der Waals surface area contributed by atoms with Gasteiger partial charge in [-0.25, -0.2) is 4.98 Å². The molecule has 0 fully saturated rings. The lowest BCUT2D eigenvalue weighted by atomic mass is 9.87. The molecule has 0 unspecified atom stereocenters. The van der Waals surface area contributed by atoms with Gasteiger partial charge in [0.15, 0.2) is 5.89 Å². The van der Waals surface area contributed by atoms with E-state index in [-0.39, 0.29) is 13.2 Å². The minimum atomic E-state index is -1.27. The fourth-order valence-corrected chi connectivity index (χ4v) is 1.78. The van der Waals surface area contributed by atoms with Gasteiger partial charge in [0.2, 0.25) is 5.91 Å². The first-order chi connectivity index (χ1) is 9.90. The molecule has 1 aromatic rings. The van der Waals surface area contributed by atoms with E-state index in [0.717, 1.165) is 25.7 Å². The lowest BCUT2D eigenvalue weighted by Gasteiger charge is -2.26. The van der Waals surface area contributed by atoms with Crippen LogP contribution in [0.5, 0.6) is 0 Å². The van der Waals surface area contributed by atoms with Gasteiger partial charge in [-0.3, -0.25) is 4.79 Å². The van der Waals surface area contributed by atoms with Crippen molar-refractivity contribution >= 4 is 5.91 Å². The number of aliphatic hydroxyl groups is 2. The molecule has 0 aliphatic rings. The summed E-state index contributed by atoms with van der Waals surface area (Å²) in [6, 6.07) is 0. The fourth-order valence-electron chi connectivity index (χ4n) is 1.78. The molecule has 3 N–H and O–H groups in total. The number of carbonyl (C=O) groups is 1. The van der Waals surface area contributed by atoms with Crippen LogP contribution in [0.1, 0.15) is 51.7 Å². The van der Waals surface area contributed by atoms with Crippen LogP contribution in [0.4, 0.5) is 0 Å². The quantitative estimate of drug-likeness (QED) is 0.599. The number of carbonyl (C=O) groups excluding carboxylic acids is 1. The first kappa shape index (κ1) is 17.7. The molecule has 0 saturated carbocycles. The van der Waals surface area contributed by atoms with E-state index in [0.29, 0.717) is 11.7 Å². The molecule has 0 saturated heterocycles. The molecule has 0 bridgehead atoms. The van der Waals surface area contributed by atoms with Crippen LogP contribution < -0.4 is 5.32 Å². The second-order valence-corrected chi connectivity index (χ2v) is 5.94. The normalized spacial score (nSPS) is 13.2. The number of aliphatic hydroxyl groups excluding tert-OH is 2. The monoisotopic (exact) mass is 298 g/mol. The molecule has 1 amide bonds. The summed E-state index contributed by atoms with van der Waals surface area (Å²) in [6.45, 7) is 5.29. The van der Waals surface area contributed by atoms with E-state index in [1.54, 1.807) is 20.0 Å². The Morgan fingerprint density at radius 1 is 1.48 bits per heavy atom. The van der Waals surface area contributed by atoms with Crippen molar-refractivity contribution in [3.63, 3.8) is 0 Å². The number of unbranched alkanes of at least 4 members (excludes halogenated alkanes) is 2. The molecule has 1 heterocycles. The van der Waals surface area contributed by atoms with Crippen LogP contribution in [0.2, 0.25) is 0 Å². The van der Waals surface area contributed by atoms with Crippen LogP contribution >= 0.6 is 0 Å². The van der Waals surface area contributed by atoms with E-state index in [9.17, 15) is 9.90 Å². The molecule has 0 aromatic carbocycles. The summed E-state index contributed by atoms with van der Waals surface area (Å²) in [5.41, 5.74) is -0.878. The third-order valence-corrected chi connectivity index (χ3v) is 3.43. The first-order valence-corrected chi connectivity index (χ1v) is 7.41. The van der Waals surface area contributed by atoms with Gasteiger partial charge in [-0.15, -0.1) is 0 Å². The average molecular weight is 298 g/mol. The predicted octanol–water partition coefficient (Wildman–Crippen LogP) is 1.40. The Kier molecular flexibility index (Phi) is 6.84. The second kappa shape index (κ2) is 8.14. The molecule has 1 aromatic heterocycles. The predicted molar refractivity (Wildman–Crippen MR) is 78.5 cm³/mol. The third kappa shape index (κ3) is 5.47. The molecule has 1 atom stereocenters. The van der Waals surface area contributed by atoms with Crippen LogP contribution in [0.25, 0.3) is 0 Å². The van der Waals surface area contributed by atoms with Crippen LogP contribution in [0.15, 0.2) is 10.6 Å². The van der Waals surface area contributed by atoms with Crippen LogP contribution in [0, 0.1) is 5.41 Å². The highest BCUT2D eigenvalue weighted by atomic mass is 16.4. The van der Waals surface area contributed by atoms with E-state index in [4.69, 9.17) is 9.52 Å². The molecule has 6 nitrogen and oxygen atoms in total. The molecule has 0 spiro atoms. The zero-order valence-corrected chi connectivity index (χ0v) is 13.1. The maximum absolute atomic E-state index is 11.8. The largest absolute Gasteiger partial charge is 0.444 e. The van der Waals surface area contributed by atoms with Crippen LogP contribution in [-0.2, 0) is 17.8 Å². The Hall–Kier alpha value is -1.40. The molecule has 21 heavy (non-hydrogen) atoms. The second-order valence-electron chi connectivity index (χ2n) is 5.94. The number of rotatable bonds is 9. The summed E-state index contributed by atoms with van der Waals surface area (Å²) in [6.07, 6.45) is 4.42. The minimum absolute atomic E-state index is 0.179. The number of aromatic nitrogens is 1. The minimum Gasteiger partial charge on any atom is -0.444 e. The molecule has 0 aliphatic carbocycles. The maximum Gasteiger partial charge on any atom is 0.249 e. The number of amides is 1. The van der Waals surface area contributed by atoms with E-state index in [1.165, 1.54) is 0 Å². The van der Waals surface area contributed by atoms with Crippen molar-refractivity contribution in [3.8, 4) is 0 Å². The fraction of sp³-hybridized carbons (Fsp3) is 0.733. The van der Waals surface area contributed by atoms with Crippen LogP contribution in [0.3, 0.4) is 0 Å². The van der Waals surface area contributed by atoms with Crippen molar-refractivity contribution in [3.05, 3.63) is 17.8 Å². The van der Waals surface area contributed by atoms with Gasteiger partial charge in [-0.05, 0) is 6.42 Å². The van der Waals surface area contributed by atoms with Crippen LogP contribution in [-0.4, -0.2) is 33.8 Å². The molecule has 0 aliphatic heterocycles. The van der Waals surface area contributed by atoms with Gasteiger partial charge >= 0.3 is 0 Å². The highest BCUT2D eigenvalue weighted by Gasteiger charge is 2.32. The Labute approximate surface area is 125 Å². The van der Waals surface area contributed by atoms with Gasteiger partial charge in [0.25, 0.3) is 0 Å². The number of oxazole rings is 1. The Morgan fingerprint density at radius 3 is 2.81 bits per heavy atom. The Bertz CT molecular complexity index is 443. The smallest absolute Gasteiger partial charge is 0.249 e. The number of nitrogens with zero attached hydrogens (tertiary/aromatic N) is 1. The lowest BCUT2D eigenvalue weighted by Crippen LogP contribution is -2.45. The SMILES string of the molecule is CCCCCc1ncc(CNC(=O)[C@H](O)C(C)(C)CO)o1. The number of hydrogen-bond donors (Lipinski definition) is 3. The third-order valence-electron chi connectivity index (χ3n) is 3.43. The standard InChI is InChI=1S/C15H26N2O4/c1-4-5-6-7-12-16-8-11(21-12)9-17-14(20)13(19)15(2,3)10-18/h8,13,18-19H,4-7,9-10H2,1-3H3,(H,17,20)/t13-/m0/s1. The van der Waals surface area contributed by atoms with Crippen molar-refractivity contribution < 1.29 is 19.4 Å². The maximum atomic E-state index is 11.8. The lowest BCUT2D eigenvalue weighted by molar-refractivity contribution is -0.137. The van der Waals surface area contributed by atoms with E-state index in [2.05, 4.69) is 17.2 Å². The van der Waals surface area contributed by atoms with Gasteiger partial charge in [0, 0.05) is 11.8 Å². The topological polar surface area (TPSA) is 95.6 Å². The van der Waals surface area contributed by atoms with E-state index >= 15 is 0 Å². The van der Waals surface area contributed by atoms with Crippen molar-refractivity contribution in [1.29, 1.82) is 0 Å². The first-order valence-electron chi connectivity index (χ1n) is 7.41. The number of aryl methyl sites for hydroxylation is 1. The van der Waals surface area contributed by atoms with E-state index < -0.39 is 17.4 Å². The zero-order valence-electron chi connectivity index (χ0n) is 13.1. The zero-order chi connectivity index (χ0) is 15.9. The highest BCUT2D eigenvalue weighted by Crippen LogP contribution is 2.19. The molecule has 0 radical (unpaired) electrons. The summed E-state index contributed by atoms with van der Waals surface area (Å²) >= 11 is 0. The molecular weight excluding hydrogens is 272 g/mol. The van der Waals surface area contributed by atoms with Crippen molar-refractivity contribution in [2.24, 2.45) is 5.41 Å². The summed E-state index contributed by atoms with van der Waals surface area (Å²) < 4.78 is 5.52. The van der Waals surface area contributed by atoms with Gasteiger partial charge in [-0.2, -0.15) is 0 Å². The summed E-state index contributed by atoms with van der Waals surface area (Å²) in [4.78, 5) is 16.0. The average Bonchev–Trinajstić information content (AvgIpc) is 2.92. The molecular formula is C15H26N2O4. The Balaban J connectivity index is 2.43. The summed E-state index contributed by atoms with van der Waals surface area (Å²) in [5.74, 6) is 0.700. The van der Waals surface area contributed by atoms with Gasteiger partial charge in [0.1, 0.15) is 11.9 Å². The highest BCUT2D eigenvalue weighted by molar-refractivity contribution is 5.81. The Morgan fingerprint density at radius 2 is 2.19 bits per heavy atom. The number of hydrogen-bond acceptors (Lipinski definition) is 5. The van der Waals surface area contributed by atoms with Crippen molar-refractivity contribution in [2.45, 2.75) is 59.1 Å². The van der Waals surface area contributed by atoms with Crippen molar-refractivity contribution in [1.82, 2.24) is 10.3 Å². The molecule has 120 valence electrons. The van der Waals surface area contributed by atoms with E-state index in [1.807, 2.05) is 0 Å². The summed E-state index contributed by atoms with van der Waals surface area (Å²) in [7, 11) is 0. The van der Waals surface area contributed by atoms with Crippen molar-refractivity contribution in [2.75, 3.05) is 6.61 Å². The molecule has 1 rings (SSSR count). The van der Waals surface area contributed by atoms with Gasteiger partial charge in [0.05, 0.1) is 19.3 Å². The van der Waals surface area contributed by atoms with Gasteiger partial charge < -0.3 is 19.9 Å². The van der Waals surface area contributed by atoms with Gasteiger partial charge in [-0.1, -0.05) is 33.6 Å².